The lowest BCUT2D eigenvalue weighted by Crippen LogP contribution is -2.31. The van der Waals surface area contributed by atoms with Crippen LogP contribution in [0.4, 0.5) is 0 Å². The molecule has 3 unspecified atom stereocenters. The SMILES string of the molecule is CC(NCC1CCCCC1C)c1cccc(Cl)c1Cl. The van der Waals surface area contributed by atoms with Crippen LogP contribution in [0.25, 0.3) is 0 Å². The summed E-state index contributed by atoms with van der Waals surface area (Å²) in [5.74, 6) is 1.64. The fourth-order valence-electron chi connectivity index (χ4n) is 2.99. The van der Waals surface area contributed by atoms with E-state index in [1.54, 1.807) is 0 Å². The first-order valence-electron chi connectivity index (χ1n) is 7.27. The van der Waals surface area contributed by atoms with Gasteiger partial charge in [0.15, 0.2) is 0 Å². The summed E-state index contributed by atoms with van der Waals surface area (Å²) >= 11 is 12.3. The van der Waals surface area contributed by atoms with Crippen molar-refractivity contribution in [3.05, 3.63) is 33.8 Å². The van der Waals surface area contributed by atoms with Crippen LogP contribution >= 0.6 is 23.2 Å². The summed E-state index contributed by atoms with van der Waals surface area (Å²) in [6.45, 7) is 5.61. The Kier molecular flexibility index (Phi) is 5.56. The quantitative estimate of drug-likeness (QED) is 0.777. The van der Waals surface area contributed by atoms with E-state index >= 15 is 0 Å². The van der Waals surface area contributed by atoms with E-state index in [2.05, 4.69) is 25.2 Å². The minimum atomic E-state index is 0.250. The van der Waals surface area contributed by atoms with Gasteiger partial charge in [-0.2, -0.15) is 0 Å². The lowest BCUT2D eigenvalue weighted by Gasteiger charge is -2.30. The van der Waals surface area contributed by atoms with E-state index < -0.39 is 0 Å². The smallest absolute Gasteiger partial charge is 0.0639 e. The van der Waals surface area contributed by atoms with Crippen LogP contribution in [-0.4, -0.2) is 6.54 Å². The third-order valence-corrected chi connectivity index (χ3v) is 5.26. The van der Waals surface area contributed by atoms with Gasteiger partial charge in [0.2, 0.25) is 0 Å². The van der Waals surface area contributed by atoms with E-state index in [4.69, 9.17) is 23.2 Å². The van der Waals surface area contributed by atoms with Crippen molar-refractivity contribution in [1.29, 1.82) is 0 Å². The highest BCUT2D eigenvalue weighted by atomic mass is 35.5. The average molecular weight is 300 g/mol. The van der Waals surface area contributed by atoms with Crippen molar-refractivity contribution < 1.29 is 0 Å². The number of nitrogens with one attached hydrogen (secondary N) is 1. The molecule has 2 rings (SSSR count). The summed E-state index contributed by atoms with van der Waals surface area (Å²) < 4.78 is 0. The fraction of sp³-hybridized carbons (Fsp3) is 0.625. The van der Waals surface area contributed by atoms with Crippen LogP contribution in [0.15, 0.2) is 18.2 Å². The van der Waals surface area contributed by atoms with Gasteiger partial charge in [0.1, 0.15) is 0 Å². The summed E-state index contributed by atoms with van der Waals surface area (Å²) in [6.07, 6.45) is 5.50. The Morgan fingerprint density at radius 1 is 1.26 bits per heavy atom. The van der Waals surface area contributed by atoms with Crippen LogP contribution in [-0.2, 0) is 0 Å². The maximum atomic E-state index is 6.27. The molecule has 0 saturated heterocycles. The van der Waals surface area contributed by atoms with E-state index in [1.165, 1.54) is 25.7 Å². The highest BCUT2D eigenvalue weighted by Crippen LogP contribution is 2.32. The molecule has 0 aliphatic heterocycles. The van der Waals surface area contributed by atoms with Gasteiger partial charge < -0.3 is 5.32 Å². The zero-order valence-corrected chi connectivity index (χ0v) is 13.3. The molecule has 1 saturated carbocycles. The summed E-state index contributed by atoms with van der Waals surface area (Å²) in [7, 11) is 0. The molecule has 1 aromatic carbocycles. The first kappa shape index (κ1) is 15.2. The number of hydrogen-bond donors (Lipinski definition) is 1. The van der Waals surface area contributed by atoms with Crippen molar-refractivity contribution in [1.82, 2.24) is 5.32 Å². The van der Waals surface area contributed by atoms with Crippen LogP contribution in [0.3, 0.4) is 0 Å². The predicted octanol–water partition coefficient (Wildman–Crippen LogP) is 5.47. The topological polar surface area (TPSA) is 12.0 Å². The minimum absolute atomic E-state index is 0.250. The van der Waals surface area contributed by atoms with E-state index in [0.29, 0.717) is 10.0 Å². The molecule has 0 aromatic heterocycles. The zero-order chi connectivity index (χ0) is 13.8. The van der Waals surface area contributed by atoms with Gasteiger partial charge in [-0.1, -0.05) is 61.5 Å². The molecule has 1 aromatic rings. The summed E-state index contributed by atoms with van der Waals surface area (Å²) in [6, 6.07) is 6.10. The van der Waals surface area contributed by atoms with Gasteiger partial charge in [-0.15, -0.1) is 0 Å². The standard InChI is InChI=1S/C16H23Cl2N/c1-11-6-3-4-7-13(11)10-19-12(2)14-8-5-9-15(17)16(14)18/h5,8-9,11-13,19H,3-4,6-7,10H2,1-2H3. The molecule has 1 aliphatic rings. The van der Waals surface area contributed by atoms with Gasteiger partial charge in [-0.3, -0.25) is 0 Å². The maximum Gasteiger partial charge on any atom is 0.0639 e. The van der Waals surface area contributed by atoms with Crippen molar-refractivity contribution in [3.8, 4) is 0 Å². The first-order valence-corrected chi connectivity index (χ1v) is 8.02. The van der Waals surface area contributed by atoms with Crippen LogP contribution in [0, 0.1) is 11.8 Å². The van der Waals surface area contributed by atoms with Gasteiger partial charge in [-0.25, -0.2) is 0 Å². The third-order valence-electron chi connectivity index (χ3n) is 4.42. The Morgan fingerprint density at radius 2 is 2.00 bits per heavy atom. The molecule has 0 amide bonds. The van der Waals surface area contributed by atoms with Crippen LogP contribution in [0.2, 0.25) is 10.0 Å². The number of benzene rings is 1. The molecule has 106 valence electrons. The second-order valence-electron chi connectivity index (χ2n) is 5.79. The number of rotatable bonds is 4. The molecular formula is C16H23Cl2N. The van der Waals surface area contributed by atoms with Crippen LogP contribution < -0.4 is 5.32 Å². The Labute approximate surface area is 126 Å². The van der Waals surface area contributed by atoms with Gasteiger partial charge in [0.25, 0.3) is 0 Å². The molecule has 0 bridgehead atoms. The maximum absolute atomic E-state index is 6.27. The largest absolute Gasteiger partial charge is 0.310 e. The first-order chi connectivity index (χ1) is 9.09. The van der Waals surface area contributed by atoms with E-state index in [0.717, 1.165) is 23.9 Å². The van der Waals surface area contributed by atoms with Crippen molar-refractivity contribution in [3.63, 3.8) is 0 Å². The molecule has 1 aliphatic carbocycles. The summed E-state index contributed by atoms with van der Waals surface area (Å²) in [5.41, 5.74) is 1.10. The van der Waals surface area contributed by atoms with E-state index in [9.17, 15) is 0 Å². The van der Waals surface area contributed by atoms with Crippen molar-refractivity contribution >= 4 is 23.2 Å². The number of hydrogen-bond acceptors (Lipinski definition) is 1. The Bertz CT molecular complexity index is 419. The van der Waals surface area contributed by atoms with Crippen molar-refractivity contribution in [2.45, 2.75) is 45.6 Å². The van der Waals surface area contributed by atoms with Crippen molar-refractivity contribution in [2.75, 3.05) is 6.54 Å². The molecule has 3 heteroatoms. The second kappa shape index (κ2) is 6.97. The van der Waals surface area contributed by atoms with Crippen LogP contribution in [0.1, 0.15) is 51.1 Å². The summed E-state index contributed by atoms with van der Waals surface area (Å²) in [5, 5.41) is 4.94. The monoisotopic (exact) mass is 299 g/mol. The lowest BCUT2D eigenvalue weighted by molar-refractivity contribution is 0.242. The molecule has 1 fully saturated rings. The highest BCUT2D eigenvalue weighted by Gasteiger charge is 2.22. The van der Waals surface area contributed by atoms with Gasteiger partial charge in [-0.05, 0) is 43.4 Å². The molecule has 3 atom stereocenters. The molecule has 1 nitrogen and oxygen atoms in total. The Hall–Kier alpha value is -0.240. The van der Waals surface area contributed by atoms with Gasteiger partial charge in [0, 0.05) is 6.04 Å². The molecule has 0 spiro atoms. The Balaban J connectivity index is 1.93. The molecule has 1 N–H and O–H groups in total. The molecule has 19 heavy (non-hydrogen) atoms. The second-order valence-corrected chi connectivity index (χ2v) is 6.58. The van der Waals surface area contributed by atoms with Crippen LogP contribution in [0.5, 0.6) is 0 Å². The Morgan fingerprint density at radius 3 is 2.74 bits per heavy atom. The summed E-state index contributed by atoms with van der Waals surface area (Å²) in [4.78, 5) is 0. The van der Waals surface area contributed by atoms with Crippen molar-refractivity contribution in [2.24, 2.45) is 11.8 Å². The van der Waals surface area contributed by atoms with E-state index in [-0.39, 0.29) is 6.04 Å². The average Bonchev–Trinajstić information content (AvgIpc) is 2.40. The van der Waals surface area contributed by atoms with Gasteiger partial charge in [0.05, 0.1) is 10.0 Å². The minimum Gasteiger partial charge on any atom is -0.310 e. The zero-order valence-electron chi connectivity index (χ0n) is 11.8. The third kappa shape index (κ3) is 3.87. The predicted molar refractivity (Wildman–Crippen MR) is 84.0 cm³/mol. The van der Waals surface area contributed by atoms with E-state index in [1.807, 2.05) is 12.1 Å². The van der Waals surface area contributed by atoms with Gasteiger partial charge >= 0.3 is 0 Å². The molecule has 0 radical (unpaired) electrons. The molecular weight excluding hydrogens is 277 g/mol. The normalized spacial score (nSPS) is 25.3. The fourth-order valence-corrected chi connectivity index (χ4v) is 3.46. The highest BCUT2D eigenvalue weighted by molar-refractivity contribution is 6.42. The lowest BCUT2D eigenvalue weighted by atomic mass is 9.80. The number of halogens is 2. The molecule has 0 heterocycles.